The smallest absolute Gasteiger partial charge is 0.357 e. The van der Waals surface area contributed by atoms with Crippen LogP contribution in [-0.4, -0.2) is 17.6 Å². The number of ether oxygens (including phenoxy) is 1. The lowest BCUT2D eigenvalue weighted by molar-refractivity contribution is 0.0518. The third-order valence-electron chi connectivity index (χ3n) is 1.81. The zero-order valence-corrected chi connectivity index (χ0v) is 8.54. The molecule has 0 aliphatic carbocycles. The number of anilines is 2. The molecule has 0 saturated carbocycles. The molecular formula is C9H11F2N3O2. The van der Waals surface area contributed by atoms with E-state index in [1.54, 1.807) is 6.92 Å². The average Bonchev–Trinajstić information content (AvgIpc) is 2.21. The van der Waals surface area contributed by atoms with Gasteiger partial charge in [0.15, 0.2) is 5.69 Å². The van der Waals surface area contributed by atoms with E-state index in [0.29, 0.717) is 0 Å². The molecule has 0 spiro atoms. The lowest BCUT2D eigenvalue weighted by Crippen LogP contribution is -2.12. The van der Waals surface area contributed by atoms with Gasteiger partial charge >= 0.3 is 5.97 Å². The summed E-state index contributed by atoms with van der Waals surface area (Å²) >= 11 is 0. The van der Waals surface area contributed by atoms with Crippen molar-refractivity contribution >= 4 is 17.3 Å². The van der Waals surface area contributed by atoms with E-state index in [1.165, 1.54) is 0 Å². The number of aromatic nitrogens is 1. The summed E-state index contributed by atoms with van der Waals surface area (Å²) in [6.45, 7) is 1.71. The predicted molar refractivity (Wildman–Crippen MR) is 54.0 cm³/mol. The van der Waals surface area contributed by atoms with Gasteiger partial charge in [0, 0.05) is 0 Å². The molecule has 4 N–H and O–H groups in total. The summed E-state index contributed by atoms with van der Waals surface area (Å²) in [6.07, 6.45) is -2.89. The Morgan fingerprint density at radius 3 is 2.69 bits per heavy atom. The van der Waals surface area contributed by atoms with E-state index in [9.17, 15) is 13.6 Å². The van der Waals surface area contributed by atoms with Crippen molar-refractivity contribution < 1.29 is 18.3 Å². The molecule has 0 aromatic carbocycles. The van der Waals surface area contributed by atoms with Crippen LogP contribution in [0, 0.1) is 0 Å². The van der Waals surface area contributed by atoms with Crippen molar-refractivity contribution in [2.75, 3.05) is 18.1 Å². The second-order valence-corrected chi connectivity index (χ2v) is 2.92. The van der Waals surface area contributed by atoms with E-state index in [1.807, 2.05) is 0 Å². The summed E-state index contributed by atoms with van der Waals surface area (Å²) < 4.78 is 29.6. The quantitative estimate of drug-likeness (QED) is 0.766. The fraction of sp³-hybridized carbons (Fsp3) is 0.333. The molecular weight excluding hydrogens is 220 g/mol. The summed E-state index contributed by atoms with van der Waals surface area (Å²) in [6, 6.07) is 1.11. The van der Waals surface area contributed by atoms with Crippen molar-refractivity contribution in [3.8, 4) is 0 Å². The number of nitrogens with zero attached hydrogens (tertiary/aromatic N) is 1. The van der Waals surface area contributed by atoms with Crippen molar-refractivity contribution in [2.24, 2.45) is 0 Å². The molecule has 0 bridgehead atoms. The van der Waals surface area contributed by atoms with Crippen LogP contribution in [0.25, 0.3) is 0 Å². The van der Waals surface area contributed by atoms with Crippen LogP contribution in [0.2, 0.25) is 0 Å². The van der Waals surface area contributed by atoms with Gasteiger partial charge in [-0.15, -0.1) is 0 Å². The molecule has 88 valence electrons. The van der Waals surface area contributed by atoms with Crippen LogP contribution < -0.4 is 11.5 Å². The van der Waals surface area contributed by atoms with Gasteiger partial charge < -0.3 is 16.2 Å². The highest BCUT2D eigenvalue weighted by Gasteiger charge is 2.20. The number of carbonyl (C=O) groups is 1. The van der Waals surface area contributed by atoms with Crippen LogP contribution >= 0.6 is 0 Å². The Morgan fingerprint density at radius 1 is 1.56 bits per heavy atom. The topological polar surface area (TPSA) is 91.2 Å². The van der Waals surface area contributed by atoms with Crippen LogP contribution in [0.3, 0.4) is 0 Å². The Morgan fingerprint density at radius 2 is 2.19 bits per heavy atom. The molecule has 0 atom stereocenters. The lowest BCUT2D eigenvalue weighted by atomic mass is 10.2. The highest BCUT2D eigenvalue weighted by molar-refractivity contribution is 5.89. The number of carbonyl (C=O) groups excluding carboxylic acids is 1. The Balaban J connectivity index is 3.18. The summed E-state index contributed by atoms with van der Waals surface area (Å²) in [4.78, 5) is 14.7. The minimum atomic E-state index is -2.89. The molecule has 1 heterocycles. The molecule has 5 nitrogen and oxygen atoms in total. The zero-order chi connectivity index (χ0) is 12.3. The third kappa shape index (κ3) is 2.36. The van der Waals surface area contributed by atoms with Gasteiger partial charge in [-0.05, 0) is 13.0 Å². The first kappa shape index (κ1) is 12.2. The minimum absolute atomic E-state index is 0.117. The molecule has 1 aromatic rings. The van der Waals surface area contributed by atoms with Gasteiger partial charge in [-0.2, -0.15) is 0 Å². The highest BCUT2D eigenvalue weighted by Crippen LogP contribution is 2.28. The number of hydrogen-bond acceptors (Lipinski definition) is 5. The van der Waals surface area contributed by atoms with E-state index >= 15 is 0 Å². The number of hydrogen-bond donors (Lipinski definition) is 2. The van der Waals surface area contributed by atoms with Crippen LogP contribution in [-0.2, 0) is 4.74 Å². The highest BCUT2D eigenvalue weighted by atomic mass is 19.3. The first-order chi connectivity index (χ1) is 7.47. The number of rotatable bonds is 3. The minimum Gasteiger partial charge on any atom is -0.461 e. The van der Waals surface area contributed by atoms with Crippen LogP contribution in [0.4, 0.5) is 20.2 Å². The Hall–Kier alpha value is -1.92. The van der Waals surface area contributed by atoms with Gasteiger partial charge in [0.2, 0.25) is 0 Å². The second-order valence-electron chi connectivity index (χ2n) is 2.92. The van der Waals surface area contributed by atoms with E-state index in [2.05, 4.69) is 9.72 Å². The monoisotopic (exact) mass is 231 g/mol. The van der Waals surface area contributed by atoms with Gasteiger partial charge in [-0.1, -0.05) is 0 Å². The summed E-state index contributed by atoms with van der Waals surface area (Å²) in [5.74, 6) is -0.809. The van der Waals surface area contributed by atoms with Crippen molar-refractivity contribution in [3.05, 3.63) is 17.5 Å². The van der Waals surface area contributed by atoms with Crippen molar-refractivity contribution in [2.45, 2.75) is 13.3 Å². The Bertz CT molecular complexity index is 410. The molecule has 0 amide bonds. The summed E-state index contributed by atoms with van der Waals surface area (Å²) in [5.41, 5.74) is 9.28. The van der Waals surface area contributed by atoms with Crippen LogP contribution in [0.1, 0.15) is 29.5 Å². The Kier molecular flexibility index (Phi) is 3.60. The fourth-order valence-corrected chi connectivity index (χ4v) is 1.07. The van der Waals surface area contributed by atoms with E-state index < -0.39 is 18.1 Å². The van der Waals surface area contributed by atoms with Gasteiger partial charge in [0.25, 0.3) is 6.43 Å². The normalized spacial score (nSPS) is 10.5. The number of halogens is 2. The maximum absolute atomic E-state index is 12.5. The summed E-state index contributed by atoms with van der Waals surface area (Å²) in [5, 5.41) is 0. The largest absolute Gasteiger partial charge is 0.461 e. The number of nitrogens with two attached hydrogens (primary N) is 2. The Labute approximate surface area is 90.4 Å². The molecule has 0 aliphatic rings. The van der Waals surface area contributed by atoms with E-state index in [4.69, 9.17) is 11.5 Å². The fourth-order valence-electron chi connectivity index (χ4n) is 1.07. The SMILES string of the molecule is CCOC(=O)c1cc(N)c(N)c(C(F)F)n1. The van der Waals surface area contributed by atoms with E-state index in [-0.39, 0.29) is 23.7 Å². The molecule has 16 heavy (non-hydrogen) atoms. The maximum atomic E-state index is 12.5. The average molecular weight is 231 g/mol. The lowest BCUT2D eigenvalue weighted by Gasteiger charge is -2.09. The van der Waals surface area contributed by atoms with Crippen LogP contribution in [0.15, 0.2) is 6.07 Å². The maximum Gasteiger partial charge on any atom is 0.357 e. The molecule has 0 aliphatic heterocycles. The van der Waals surface area contributed by atoms with Gasteiger partial charge in [-0.3, -0.25) is 0 Å². The molecule has 0 saturated heterocycles. The predicted octanol–water partition coefficient (Wildman–Crippen LogP) is 1.36. The summed E-state index contributed by atoms with van der Waals surface area (Å²) in [7, 11) is 0. The second kappa shape index (κ2) is 4.73. The first-order valence-corrected chi connectivity index (χ1v) is 4.48. The molecule has 0 unspecified atom stereocenters. The van der Waals surface area contributed by atoms with Crippen molar-refractivity contribution in [1.29, 1.82) is 0 Å². The number of nitrogen functional groups attached to an aromatic ring is 2. The van der Waals surface area contributed by atoms with Gasteiger partial charge in [0.05, 0.1) is 18.0 Å². The van der Waals surface area contributed by atoms with Crippen molar-refractivity contribution in [1.82, 2.24) is 4.98 Å². The number of pyridine rings is 1. The molecule has 1 aromatic heterocycles. The number of alkyl halides is 2. The molecule has 1 rings (SSSR count). The van der Waals surface area contributed by atoms with Crippen LogP contribution in [0.5, 0.6) is 0 Å². The standard InChI is InChI=1S/C9H11F2N3O2/c1-2-16-9(15)5-3-4(12)6(13)7(14-5)8(10)11/h3,8H,2,13H2,1H3,(H2,12,14). The number of esters is 1. The molecule has 0 fully saturated rings. The third-order valence-corrected chi connectivity index (χ3v) is 1.81. The first-order valence-electron chi connectivity index (χ1n) is 4.48. The van der Waals surface area contributed by atoms with Gasteiger partial charge in [0.1, 0.15) is 5.69 Å². The van der Waals surface area contributed by atoms with Crippen molar-refractivity contribution in [3.63, 3.8) is 0 Å². The van der Waals surface area contributed by atoms with Gasteiger partial charge in [-0.25, -0.2) is 18.6 Å². The molecule has 0 radical (unpaired) electrons. The van der Waals surface area contributed by atoms with E-state index in [0.717, 1.165) is 6.07 Å². The zero-order valence-electron chi connectivity index (χ0n) is 8.54. The molecule has 7 heteroatoms.